The minimum absolute atomic E-state index is 0.138. The van der Waals surface area contributed by atoms with E-state index in [9.17, 15) is 0 Å². The van der Waals surface area contributed by atoms with Gasteiger partial charge in [0.1, 0.15) is 0 Å². The molecule has 2 nitrogen and oxygen atoms in total. The number of hydrogen-bond donors (Lipinski definition) is 2. The number of rotatable bonds is 13. The first-order valence-corrected chi connectivity index (χ1v) is 8.19. The first-order valence-electron chi connectivity index (χ1n) is 8.19. The highest BCUT2D eigenvalue weighted by Crippen LogP contribution is 2.34. The molecule has 0 spiro atoms. The van der Waals surface area contributed by atoms with Gasteiger partial charge in [0, 0.05) is 5.54 Å². The highest BCUT2D eigenvalue weighted by Gasteiger charge is 2.40. The number of hydrogen-bond acceptors (Lipinski definition) is 2. The van der Waals surface area contributed by atoms with Crippen LogP contribution in [-0.2, 0) is 0 Å². The molecule has 0 aliphatic heterocycles. The lowest BCUT2D eigenvalue weighted by molar-refractivity contribution is 0.230. The lowest BCUT2D eigenvalue weighted by atomic mass is 10.1. The highest BCUT2D eigenvalue weighted by molar-refractivity contribution is 5.01. The Kier molecular flexibility index (Phi) is 8.70. The van der Waals surface area contributed by atoms with Crippen molar-refractivity contribution in [2.45, 2.75) is 89.5 Å². The molecule has 0 radical (unpaired) electrons. The second-order valence-corrected chi connectivity index (χ2v) is 6.05. The fraction of sp³-hybridized carbons (Fsp3) is 1.00. The lowest BCUT2D eigenvalue weighted by Crippen LogP contribution is -2.35. The van der Waals surface area contributed by atoms with Gasteiger partial charge in [0.05, 0.1) is 6.61 Å². The summed E-state index contributed by atoms with van der Waals surface area (Å²) in [6, 6.07) is 0. The van der Waals surface area contributed by atoms with Gasteiger partial charge in [0.2, 0.25) is 0 Å². The largest absolute Gasteiger partial charge is 0.394 e. The fourth-order valence-corrected chi connectivity index (χ4v) is 2.51. The molecule has 1 saturated carbocycles. The van der Waals surface area contributed by atoms with Crippen LogP contribution >= 0.6 is 0 Å². The molecule has 108 valence electrons. The van der Waals surface area contributed by atoms with E-state index in [0.29, 0.717) is 6.61 Å². The first kappa shape index (κ1) is 16.0. The normalized spacial score (nSPS) is 17.0. The number of unbranched alkanes of at least 4 members (excludes halogenated alkanes) is 9. The predicted molar refractivity (Wildman–Crippen MR) is 78.9 cm³/mol. The monoisotopic (exact) mass is 255 g/mol. The van der Waals surface area contributed by atoms with Crippen molar-refractivity contribution in [3.63, 3.8) is 0 Å². The van der Waals surface area contributed by atoms with Crippen LogP contribution < -0.4 is 5.32 Å². The van der Waals surface area contributed by atoms with Crippen molar-refractivity contribution < 1.29 is 5.11 Å². The van der Waals surface area contributed by atoms with Crippen LogP contribution in [0.1, 0.15) is 84.0 Å². The average molecular weight is 255 g/mol. The Balaban J connectivity index is 1.71. The molecule has 1 rings (SSSR count). The summed E-state index contributed by atoms with van der Waals surface area (Å²) in [6.07, 6.45) is 16.3. The van der Waals surface area contributed by atoms with Crippen molar-refractivity contribution in [1.82, 2.24) is 5.32 Å². The second-order valence-electron chi connectivity index (χ2n) is 6.05. The van der Waals surface area contributed by atoms with Gasteiger partial charge in [-0.25, -0.2) is 0 Å². The summed E-state index contributed by atoms with van der Waals surface area (Å²) in [5.74, 6) is 0. The van der Waals surface area contributed by atoms with Gasteiger partial charge in [-0.2, -0.15) is 0 Å². The summed E-state index contributed by atoms with van der Waals surface area (Å²) < 4.78 is 0. The molecule has 0 aromatic heterocycles. The second kappa shape index (κ2) is 9.80. The number of aliphatic hydroxyl groups excluding tert-OH is 1. The Morgan fingerprint density at radius 1 is 0.833 bits per heavy atom. The molecular weight excluding hydrogens is 222 g/mol. The zero-order valence-corrected chi connectivity index (χ0v) is 12.3. The van der Waals surface area contributed by atoms with Crippen LogP contribution in [-0.4, -0.2) is 23.8 Å². The van der Waals surface area contributed by atoms with Crippen LogP contribution in [0.2, 0.25) is 0 Å². The summed E-state index contributed by atoms with van der Waals surface area (Å²) in [5.41, 5.74) is 0.138. The molecule has 0 bridgehead atoms. The zero-order valence-electron chi connectivity index (χ0n) is 12.3. The molecule has 0 aromatic carbocycles. The maximum atomic E-state index is 9.16. The van der Waals surface area contributed by atoms with Crippen LogP contribution in [0.3, 0.4) is 0 Å². The predicted octanol–water partition coefficient (Wildman–Crippen LogP) is 4.02. The summed E-state index contributed by atoms with van der Waals surface area (Å²) >= 11 is 0. The first-order chi connectivity index (χ1) is 8.83. The lowest BCUT2D eigenvalue weighted by Gasteiger charge is -2.13. The van der Waals surface area contributed by atoms with Gasteiger partial charge in [0.15, 0.2) is 0 Å². The third-order valence-electron chi connectivity index (χ3n) is 4.19. The van der Waals surface area contributed by atoms with E-state index in [1.54, 1.807) is 0 Å². The van der Waals surface area contributed by atoms with Gasteiger partial charge in [-0.15, -0.1) is 0 Å². The third-order valence-corrected chi connectivity index (χ3v) is 4.19. The van der Waals surface area contributed by atoms with Gasteiger partial charge in [-0.1, -0.05) is 64.7 Å². The van der Waals surface area contributed by atoms with Crippen LogP contribution in [0.4, 0.5) is 0 Å². The van der Waals surface area contributed by atoms with Crippen molar-refractivity contribution in [2.75, 3.05) is 13.2 Å². The molecule has 0 aromatic rings. The standard InChI is InChI=1S/C16H33NO/c1-2-3-4-5-6-7-8-9-10-11-14-17-16(15-18)12-13-16/h17-18H,2-15H2,1H3. The molecule has 18 heavy (non-hydrogen) atoms. The molecule has 2 heteroatoms. The summed E-state index contributed by atoms with van der Waals surface area (Å²) in [5, 5.41) is 12.7. The van der Waals surface area contributed by atoms with Crippen molar-refractivity contribution in [3.05, 3.63) is 0 Å². The van der Waals surface area contributed by atoms with Crippen LogP contribution in [0.15, 0.2) is 0 Å². The molecule has 2 N–H and O–H groups in total. The molecule has 1 fully saturated rings. The summed E-state index contributed by atoms with van der Waals surface area (Å²) in [4.78, 5) is 0. The summed E-state index contributed by atoms with van der Waals surface area (Å²) in [6.45, 7) is 3.69. The van der Waals surface area contributed by atoms with Crippen molar-refractivity contribution in [1.29, 1.82) is 0 Å². The minimum atomic E-state index is 0.138. The summed E-state index contributed by atoms with van der Waals surface area (Å²) in [7, 11) is 0. The maximum absolute atomic E-state index is 9.16. The highest BCUT2D eigenvalue weighted by atomic mass is 16.3. The number of nitrogens with one attached hydrogen (secondary N) is 1. The van der Waals surface area contributed by atoms with Crippen LogP contribution in [0.5, 0.6) is 0 Å². The Morgan fingerprint density at radius 3 is 1.78 bits per heavy atom. The van der Waals surface area contributed by atoms with E-state index in [4.69, 9.17) is 5.11 Å². The van der Waals surface area contributed by atoms with E-state index >= 15 is 0 Å². The average Bonchev–Trinajstić information content (AvgIpc) is 3.17. The van der Waals surface area contributed by atoms with E-state index in [1.807, 2.05) is 0 Å². The van der Waals surface area contributed by atoms with E-state index < -0.39 is 0 Å². The topological polar surface area (TPSA) is 32.3 Å². The molecule has 0 saturated heterocycles. The van der Waals surface area contributed by atoms with Crippen LogP contribution in [0, 0.1) is 0 Å². The number of aliphatic hydroxyl groups is 1. The molecule has 1 aliphatic rings. The van der Waals surface area contributed by atoms with E-state index in [2.05, 4.69) is 12.2 Å². The Hall–Kier alpha value is -0.0800. The van der Waals surface area contributed by atoms with E-state index in [1.165, 1.54) is 77.0 Å². The fourth-order valence-electron chi connectivity index (χ4n) is 2.51. The van der Waals surface area contributed by atoms with Gasteiger partial charge >= 0.3 is 0 Å². The van der Waals surface area contributed by atoms with Gasteiger partial charge in [-0.3, -0.25) is 0 Å². The van der Waals surface area contributed by atoms with Crippen molar-refractivity contribution in [2.24, 2.45) is 0 Å². The van der Waals surface area contributed by atoms with Gasteiger partial charge in [-0.05, 0) is 25.8 Å². The Bertz CT molecular complexity index is 190. The molecule has 0 unspecified atom stereocenters. The van der Waals surface area contributed by atoms with E-state index in [-0.39, 0.29) is 5.54 Å². The zero-order chi connectivity index (χ0) is 13.1. The van der Waals surface area contributed by atoms with Crippen LogP contribution in [0.25, 0.3) is 0 Å². The van der Waals surface area contributed by atoms with Crippen molar-refractivity contribution >= 4 is 0 Å². The molecule has 0 heterocycles. The van der Waals surface area contributed by atoms with Gasteiger partial charge in [0.25, 0.3) is 0 Å². The molecule has 1 aliphatic carbocycles. The molecule has 0 amide bonds. The third kappa shape index (κ3) is 7.38. The SMILES string of the molecule is CCCCCCCCCCCCNC1(CO)CC1. The smallest absolute Gasteiger partial charge is 0.0613 e. The molecule has 0 atom stereocenters. The quantitative estimate of drug-likeness (QED) is 0.487. The van der Waals surface area contributed by atoms with Gasteiger partial charge < -0.3 is 10.4 Å². The molecular formula is C16H33NO. The van der Waals surface area contributed by atoms with E-state index in [0.717, 1.165) is 6.54 Å². The Morgan fingerprint density at radius 2 is 1.33 bits per heavy atom. The van der Waals surface area contributed by atoms with Crippen molar-refractivity contribution in [3.8, 4) is 0 Å². The minimum Gasteiger partial charge on any atom is -0.394 e. The maximum Gasteiger partial charge on any atom is 0.0613 e. The Labute approximate surface area is 114 Å².